The van der Waals surface area contributed by atoms with E-state index < -0.39 is 0 Å². The number of rotatable bonds is 4. The minimum absolute atomic E-state index is 0. The molecule has 0 saturated carbocycles. The van der Waals surface area contributed by atoms with Gasteiger partial charge in [0.05, 0.1) is 6.61 Å². The fraction of sp³-hybridized carbons (Fsp3) is 0.562. The lowest BCUT2D eigenvalue weighted by Gasteiger charge is -2.29. The number of hydrogen-bond acceptors (Lipinski definition) is 4. The van der Waals surface area contributed by atoms with E-state index in [1.165, 1.54) is 11.3 Å². The van der Waals surface area contributed by atoms with Crippen LogP contribution in [-0.4, -0.2) is 50.8 Å². The van der Waals surface area contributed by atoms with E-state index in [1.54, 1.807) is 0 Å². The number of nitrogens with one attached hydrogen (secondary N) is 2. The number of fused-ring (bicyclic) bond motifs is 1. The maximum atomic E-state index is 12.1. The van der Waals surface area contributed by atoms with Gasteiger partial charge in [0, 0.05) is 37.9 Å². The van der Waals surface area contributed by atoms with Crippen LogP contribution in [0.5, 0.6) is 0 Å². The Kier molecular flexibility index (Phi) is 8.12. The van der Waals surface area contributed by atoms with E-state index in [1.807, 2.05) is 0 Å². The van der Waals surface area contributed by atoms with Crippen molar-refractivity contribution in [3.63, 3.8) is 0 Å². The number of anilines is 1. The van der Waals surface area contributed by atoms with Crippen LogP contribution in [0.3, 0.4) is 0 Å². The van der Waals surface area contributed by atoms with Crippen LogP contribution < -0.4 is 15.5 Å². The van der Waals surface area contributed by atoms with Crippen molar-refractivity contribution in [2.75, 3.05) is 37.7 Å². The van der Waals surface area contributed by atoms with Gasteiger partial charge in [-0.3, -0.25) is 4.79 Å². The summed E-state index contributed by atoms with van der Waals surface area (Å²) in [7, 11) is 0. The van der Waals surface area contributed by atoms with Crippen LogP contribution in [0.1, 0.15) is 12.5 Å². The van der Waals surface area contributed by atoms with E-state index >= 15 is 0 Å². The lowest BCUT2D eigenvalue weighted by atomic mass is 10.2. The number of amides is 1. The largest absolute Gasteiger partial charge is 0.366 e. The fourth-order valence-corrected chi connectivity index (χ4v) is 3.03. The van der Waals surface area contributed by atoms with Crippen LogP contribution in [0.4, 0.5) is 5.69 Å². The third-order valence-corrected chi connectivity index (χ3v) is 4.25. The molecule has 3 rings (SSSR count). The smallest absolute Gasteiger partial charge is 0.250 e. The average Bonchev–Trinajstić information content (AvgIpc) is 2.97. The molecule has 1 aromatic carbocycles. The lowest BCUT2D eigenvalue weighted by Crippen LogP contribution is -2.50. The van der Waals surface area contributed by atoms with Crippen molar-refractivity contribution in [1.29, 1.82) is 0 Å². The van der Waals surface area contributed by atoms with E-state index in [0.29, 0.717) is 19.7 Å². The molecule has 2 atom stereocenters. The molecule has 0 aromatic heterocycles. The van der Waals surface area contributed by atoms with Crippen molar-refractivity contribution in [3.8, 4) is 0 Å². The fourth-order valence-electron chi connectivity index (χ4n) is 3.03. The number of carbonyl (C=O) groups excluding carboxylic acids is 1. The summed E-state index contributed by atoms with van der Waals surface area (Å²) in [5.41, 5.74) is 2.70. The SMILES string of the molecule is CC(CNC(=O)C1CNCCO1)N1CCc2ccccc21.Cl.Cl. The number of benzene rings is 1. The Labute approximate surface area is 150 Å². The summed E-state index contributed by atoms with van der Waals surface area (Å²) in [6, 6.07) is 8.79. The first-order valence-corrected chi connectivity index (χ1v) is 7.70. The second kappa shape index (κ2) is 9.33. The minimum Gasteiger partial charge on any atom is -0.366 e. The molecule has 0 bridgehead atoms. The Bertz CT molecular complexity index is 510. The second-order valence-corrected chi connectivity index (χ2v) is 5.73. The zero-order valence-electron chi connectivity index (χ0n) is 13.3. The molecule has 1 saturated heterocycles. The monoisotopic (exact) mass is 361 g/mol. The molecular weight excluding hydrogens is 337 g/mol. The molecule has 2 heterocycles. The normalized spacial score (nSPS) is 20.7. The first kappa shape index (κ1) is 20.0. The predicted octanol–water partition coefficient (Wildman–Crippen LogP) is 1.39. The third-order valence-electron chi connectivity index (χ3n) is 4.25. The molecule has 5 nitrogen and oxygen atoms in total. The van der Waals surface area contributed by atoms with Crippen LogP contribution in [0.25, 0.3) is 0 Å². The summed E-state index contributed by atoms with van der Waals surface area (Å²) in [6.07, 6.45) is 0.737. The maximum Gasteiger partial charge on any atom is 0.250 e. The van der Waals surface area contributed by atoms with Gasteiger partial charge in [0.2, 0.25) is 0 Å². The molecule has 7 heteroatoms. The van der Waals surface area contributed by atoms with E-state index in [0.717, 1.165) is 19.5 Å². The molecule has 2 N–H and O–H groups in total. The second-order valence-electron chi connectivity index (χ2n) is 5.73. The van der Waals surface area contributed by atoms with Gasteiger partial charge in [-0.2, -0.15) is 0 Å². The van der Waals surface area contributed by atoms with Gasteiger partial charge < -0.3 is 20.3 Å². The van der Waals surface area contributed by atoms with Gasteiger partial charge in [0.25, 0.3) is 5.91 Å². The standard InChI is InChI=1S/C16H23N3O2.2ClH/c1-12(10-18-16(20)15-11-17-7-9-21-15)19-8-6-13-4-2-3-5-14(13)19;;/h2-5,12,15,17H,6-11H2,1H3,(H,18,20);2*1H. The average molecular weight is 362 g/mol. The Morgan fingerprint density at radius 3 is 2.96 bits per heavy atom. The number of halogens is 2. The molecule has 2 aliphatic heterocycles. The Morgan fingerprint density at radius 1 is 1.43 bits per heavy atom. The van der Waals surface area contributed by atoms with Gasteiger partial charge in [-0.25, -0.2) is 0 Å². The Balaban J connectivity index is 0.00000132. The summed E-state index contributed by atoms with van der Waals surface area (Å²) in [6.45, 7) is 5.86. The van der Waals surface area contributed by atoms with Crippen LogP contribution in [0, 0.1) is 0 Å². The van der Waals surface area contributed by atoms with Crippen LogP contribution >= 0.6 is 24.8 Å². The summed E-state index contributed by atoms with van der Waals surface area (Å²) in [5, 5.41) is 6.19. The quantitative estimate of drug-likeness (QED) is 0.850. The van der Waals surface area contributed by atoms with Crippen molar-refractivity contribution in [2.45, 2.75) is 25.5 Å². The number of carbonyl (C=O) groups is 1. The summed E-state index contributed by atoms with van der Waals surface area (Å²) in [4.78, 5) is 14.4. The summed E-state index contributed by atoms with van der Waals surface area (Å²) >= 11 is 0. The lowest BCUT2D eigenvalue weighted by molar-refractivity contribution is -0.134. The highest BCUT2D eigenvalue weighted by Crippen LogP contribution is 2.28. The highest BCUT2D eigenvalue weighted by Gasteiger charge is 2.25. The first-order valence-electron chi connectivity index (χ1n) is 7.70. The maximum absolute atomic E-state index is 12.1. The molecule has 0 aliphatic carbocycles. The van der Waals surface area contributed by atoms with E-state index in [4.69, 9.17) is 4.74 Å². The van der Waals surface area contributed by atoms with E-state index in [2.05, 4.69) is 46.7 Å². The zero-order chi connectivity index (χ0) is 14.7. The Hall–Kier alpha value is -1.01. The van der Waals surface area contributed by atoms with Gasteiger partial charge in [-0.05, 0) is 25.0 Å². The summed E-state index contributed by atoms with van der Waals surface area (Å²) in [5.74, 6) is -0.0125. The van der Waals surface area contributed by atoms with Crippen molar-refractivity contribution in [1.82, 2.24) is 10.6 Å². The topological polar surface area (TPSA) is 53.6 Å². The Morgan fingerprint density at radius 2 is 2.22 bits per heavy atom. The third kappa shape index (κ3) is 4.73. The first-order chi connectivity index (χ1) is 10.3. The summed E-state index contributed by atoms with van der Waals surface area (Å²) < 4.78 is 5.47. The van der Waals surface area contributed by atoms with Gasteiger partial charge in [0.1, 0.15) is 6.10 Å². The molecule has 0 spiro atoms. The molecule has 130 valence electrons. The molecule has 2 unspecified atom stereocenters. The van der Waals surface area contributed by atoms with Gasteiger partial charge >= 0.3 is 0 Å². The molecule has 23 heavy (non-hydrogen) atoms. The van der Waals surface area contributed by atoms with Crippen molar-refractivity contribution < 1.29 is 9.53 Å². The van der Waals surface area contributed by atoms with E-state index in [9.17, 15) is 4.79 Å². The number of ether oxygens (including phenoxy) is 1. The van der Waals surface area contributed by atoms with Crippen LogP contribution in [0.2, 0.25) is 0 Å². The molecule has 1 fully saturated rings. The van der Waals surface area contributed by atoms with Crippen molar-refractivity contribution >= 4 is 36.4 Å². The minimum atomic E-state index is -0.350. The molecular formula is C16H25Cl2N3O2. The van der Waals surface area contributed by atoms with Crippen molar-refractivity contribution in [3.05, 3.63) is 29.8 Å². The van der Waals surface area contributed by atoms with Crippen LogP contribution in [0.15, 0.2) is 24.3 Å². The van der Waals surface area contributed by atoms with Crippen molar-refractivity contribution in [2.24, 2.45) is 0 Å². The predicted molar refractivity (Wildman–Crippen MR) is 97.1 cm³/mol. The number of nitrogens with zero attached hydrogens (tertiary/aromatic N) is 1. The zero-order valence-corrected chi connectivity index (χ0v) is 14.9. The molecule has 1 aromatic rings. The molecule has 1 amide bonds. The highest BCUT2D eigenvalue weighted by molar-refractivity contribution is 5.85. The highest BCUT2D eigenvalue weighted by atomic mass is 35.5. The van der Waals surface area contributed by atoms with Gasteiger partial charge in [-0.1, -0.05) is 18.2 Å². The molecule has 2 aliphatic rings. The van der Waals surface area contributed by atoms with Crippen LogP contribution in [-0.2, 0) is 16.0 Å². The number of morpholine rings is 1. The van der Waals surface area contributed by atoms with Gasteiger partial charge in [-0.15, -0.1) is 24.8 Å². The molecule has 0 radical (unpaired) electrons. The number of para-hydroxylation sites is 1. The number of hydrogen-bond donors (Lipinski definition) is 2. The van der Waals surface area contributed by atoms with Gasteiger partial charge in [0.15, 0.2) is 0 Å². The van der Waals surface area contributed by atoms with E-state index in [-0.39, 0.29) is 42.9 Å².